The molecule has 1 N–H and O–H groups in total. The van der Waals surface area contributed by atoms with Crippen molar-refractivity contribution in [2.24, 2.45) is 0 Å². The van der Waals surface area contributed by atoms with E-state index in [1.165, 1.54) is 0 Å². The minimum atomic E-state index is -0.620. The number of thioether (sulfide) groups is 1. The number of nitrogens with one attached hydrogen (secondary N) is 1. The molecule has 2 aromatic rings. The van der Waals surface area contributed by atoms with Crippen LogP contribution in [0, 0.1) is 6.92 Å². The summed E-state index contributed by atoms with van der Waals surface area (Å²) in [5.74, 6) is -0.958. The third kappa shape index (κ3) is 6.95. The minimum Gasteiger partial charge on any atom is -0.484 e. The fraction of sp³-hybridized carbons (Fsp3) is 0.280. The zero-order valence-electron chi connectivity index (χ0n) is 19.2. The summed E-state index contributed by atoms with van der Waals surface area (Å²) >= 11 is 0.770. The van der Waals surface area contributed by atoms with Crippen LogP contribution in [0.3, 0.4) is 0 Å². The Morgan fingerprint density at radius 2 is 1.76 bits per heavy atom. The van der Waals surface area contributed by atoms with Crippen LogP contribution in [-0.4, -0.2) is 47.2 Å². The summed E-state index contributed by atoms with van der Waals surface area (Å²) in [6, 6.07) is 14.2. The van der Waals surface area contributed by atoms with E-state index < -0.39 is 23.7 Å². The standard InChI is InChI=1S/C25H26N2O6S/c1-4-17(3)33-23(29)14-27-24(30)21(34-25(27)31)13-18-7-11-20(12-8-18)32-15-22(28)26-19-9-5-16(2)6-10-19/h5-13,17H,4,14-15H2,1-3H3,(H,26,28)/b21-13+/t17-/m0/s1. The van der Waals surface area contributed by atoms with Gasteiger partial charge in [0.05, 0.1) is 11.0 Å². The highest BCUT2D eigenvalue weighted by molar-refractivity contribution is 8.18. The van der Waals surface area contributed by atoms with Gasteiger partial charge < -0.3 is 14.8 Å². The van der Waals surface area contributed by atoms with E-state index in [4.69, 9.17) is 9.47 Å². The fourth-order valence-electron chi connectivity index (χ4n) is 2.90. The quantitative estimate of drug-likeness (QED) is 0.418. The molecule has 0 aliphatic carbocycles. The maximum atomic E-state index is 12.6. The van der Waals surface area contributed by atoms with Crippen LogP contribution >= 0.6 is 11.8 Å². The van der Waals surface area contributed by atoms with Gasteiger partial charge in [-0.05, 0) is 67.9 Å². The van der Waals surface area contributed by atoms with Crippen LogP contribution in [0.2, 0.25) is 0 Å². The first kappa shape index (κ1) is 25.0. The first-order valence-electron chi connectivity index (χ1n) is 10.8. The molecule has 1 atom stereocenters. The van der Waals surface area contributed by atoms with E-state index in [0.29, 0.717) is 23.4 Å². The Bertz CT molecular complexity index is 1100. The van der Waals surface area contributed by atoms with E-state index in [9.17, 15) is 19.2 Å². The number of aryl methyl sites for hydroxylation is 1. The van der Waals surface area contributed by atoms with Gasteiger partial charge in [0, 0.05) is 5.69 Å². The molecular formula is C25H26N2O6S. The Labute approximate surface area is 202 Å². The predicted octanol–water partition coefficient (Wildman–Crippen LogP) is 4.39. The number of hydrogen-bond acceptors (Lipinski definition) is 7. The summed E-state index contributed by atoms with van der Waals surface area (Å²) in [5.41, 5.74) is 2.46. The number of anilines is 1. The van der Waals surface area contributed by atoms with E-state index in [-0.39, 0.29) is 23.5 Å². The van der Waals surface area contributed by atoms with Crippen LogP contribution in [0.25, 0.3) is 6.08 Å². The summed E-state index contributed by atoms with van der Waals surface area (Å²) in [6.45, 7) is 5.02. The molecule has 2 aromatic carbocycles. The molecule has 3 rings (SSSR count). The SMILES string of the molecule is CC[C@H](C)OC(=O)CN1C(=O)S/C(=C/c2ccc(OCC(=O)Nc3ccc(C)cc3)cc2)C1=O. The summed E-state index contributed by atoms with van der Waals surface area (Å²) in [4.78, 5) is 49.9. The number of carbonyl (C=O) groups excluding carboxylic acids is 4. The van der Waals surface area contributed by atoms with Crippen molar-refractivity contribution in [2.45, 2.75) is 33.3 Å². The Morgan fingerprint density at radius 1 is 1.09 bits per heavy atom. The topological polar surface area (TPSA) is 102 Å². The van der Waals surface area contributed by atoms with Crippen molar-refractivity contribution >= 4 is 46.5 Å². The molecule has 1 aliphatic rings. The molecule has 0 radical (unpaired) electrons. The van der Waals surface area contributed by atoms with Crippen molar-refractivity contribution in [1.29, 1.82) is 0 Å². The minimum absolute atomic E-state index is 0.154. The maximum absolute atomic E-state index is 12.6. The van der Waals surface area contributed by atoms with Gasteiger partial charge in [-0.15, -0.1) is 0 Å². The molecule has 0 spiro atoms. The van der Waals surface area contributed by atoms with Crippen LogP contribution in [0.1, 0.15) is 31.4 Å². The van der Waals surface area contributed by atoms with Gasteiger partial charge in [-0.1, -0.05) is 36.8 Å². The molecule has 0 saturated carbocycles. The second-order valence-electron chi connectivity index (χ2n) is 7.75. The smallest absolute Gasteiger partial charge is 0.326 e. The molecule has 0 bridgehead atoms. The van der Waals surface area contributed by atoms with E-state index in [1.807, 2.05) is 38.1 Å². The molecular weight excluding hydrogens is 456 g/mol. The van der Waals surface area contributed by atoms with Crippen molar-refractivity contribution in [3.8, 4) is 5.75 Å². The molecule has 1 heterocycles. The van der Waals surface area contributed by atoms with Gasteiger partial charge >= 0.3 is 5.97 Å². The molecule has 0 unspecified atom stereocenters. The average Bonchev–Trinajstić information content (AvgIpc) is 3.07. The van der Waals surface area contributed by atoms with E-state index in [2.05, 4.69) is 5.32 Å². The normalized spacial score (nSPS) is 15.4. The van der Waals surface area contributed by atoms with Gasteiger partial charge in [0.25, 0.3) is 17.1 Å². The van der Waals surface area contributed by atoms with Gasteiger partial charge in [-0.3, -0.25) is 24.1 Å². The second-order valence-corrected chi connectivity index (χ2v) is 8.74. The van der Waals surface area contributed by atoms with E-state index in [1.54, 1.807) is 37.3 Å². The lowest BCUT2D eigenvalue weighted by molar-refractivity contribution is -0.150. The zero-order chi connectivity index (χ0) is 24.7. The number of rotatable bonds is 9. The molecule has 34 heavy (non-hydrogen) atoms. The lowest BCUT2D eigenvalue weighted by Gasteiger charge is -2.14. The zero-order valence-corrected chi connectivity index (χ0v) is 20.0. The van der Waals surface area contributed by atoms with Crippen molar-refractivity contribution in [2.75, 3.05) is 18.5 Å². The molecule has 178 valence electrons. The maximum Gasteiger partial charge on any atom is 0.326 e. The second kappa shape index (κ2) is 11.5. The first-order valence-corrected chi connectivity index (χ1v) is 11.6. The third-order valence-electron chi connectivity index (χ3n) is 4.95. The van der Waals surface area contributed by atoms with Crippen LogP contribution in [0.4, 0.5) is 10.5 Å². The molecule has 0 aromatic heterocycles. The Morgan fingerprint density at radius 3 is 2.41 bits per heavy atom. The number of nitrogens with zero attached hydrogens (tertiary/aromatic N) is 1. The predicted molar refractivity (Wildman–Crippen MR) is 130 cm³/mol. The summed E-state index contributed by atoms with van der Waals surface area (Å²) in [5, 5.41) is 2.24. The molecule has 1 aliphatic heterocycles. The number of amides is 3. The highest BCUT2D eigenvalue weighted by atomic mass is 32.2. The molecule has 1 saturated heterocycles. The van der Waals surface area contributed by atoms with Crippen LogP contribution in [-0.2, 0) is 19.1 Å². The van der Waals surface area contributed by atoms with Gasteiger partial charge in [-0.25, -0.2) is 0 Å². The molecule has 9 heteroatoms. The van der Waals surface area contributed by atoms with Gasteiger partial charge in [-0.2, -0.15) is 0 Å². The highest BCUT2D eigenvalue weighted by Crippen LogP contribution is 2.32. The number of carbonyl (C=O) groups is 4. The van der Waals surface area contributed by atoms with Crippen molar-refractivity contribution in [3.05, 3.63) is 64.6 Å². The van der Waals surface area contributed by atoms with Gasteiger partial charge in [0.2, 0.25) is 0 Å². The van der Waals surface area contributed by atoms with Crippen molar-refractivity contribution < 1.29 is 28.7 Å². The first-order chi connectivity index (χ1) is 16.2. The van der Waals surface area contributed by atoms with E-state index >= 15 is 0 Å². The number of ether oxygens (including phenoxy) is 2. The lowest BCUT2D eigenvalue weighted by atomic mass is 10.2. The van der Waals surface area contributed by atoms with Gasteiger partial charge in [0.15, 0.2) is 6.61 Å². The molecule has 8 nitrogen and oxygen atoms in total. The van der Waals surface area contributed by atoms with Gasteiger partial charge in [0.1, 0.15) is 12.3 Å². The summed E-state index contributed by atoms with van der Waals surface area (Å²) in [6.07, 6.45) is 1.93. The summed E-state index contributed by atoms with van der Waals surface area (Å²) in [7, 11) is 0. The highest BCUT2D eigenvalue weighted by Gasteiger charge is 2.36. The van der Waals surface area contributed by atoms with E-state index in [0.717, 1.165) is 22.2 Å². The number of benzene rings is 2. The summed E-state index contributed by atoms with van der Waals surface area (Å²) < 4.78 is 10.7. The molecule has 3 amide bonds. The van der Waals surface area contributed by atoms with Crippen LogP contribution in [0.5, 0.6) is 5.75 Å². The molecule has 1 fully saturated rings. The number of esters is 1. The average molecular weight is 483 g/mol. The monoisotopic (exact) mass is 482 g/mol. The Hall–Kier alpha value is -3.59. The van der Waals surface area contributed by atoms with Crippen LogP contribution in [0.15, 0.2) is 53.4 Å². The van der Waals surface area contributed by atoms with Crippen molar-refractivity contribution in [3.63, 3.8) is 0 Å². The Kier molecular flexibility index (Phi) is 8.48. The fourth-order valence-corrected chi connectivity index (χ4v) is 3.74. The third-order valence-corrected chi connectivity index (χ3v) is 5.86. The van der Waals surface area contributed by atoms with Crippen molar-refractivity contribution in [1.82, 2.24) is 4.90 Å². The number of hydrogen-bond donors (Lipinski definition) is 1. The van der Waals surface area contributed by atoms with Crippen LogP contribution < -0.4 is 10.1 Å². The Balaban J connectivity index is 1.54. The lowest BCUT2D eigenvalue weighted by Crippen LogP contribution is -2.35. The number of imide groups is 1. The largest absolute Gasteiger partial charge is 0.484 e.